The Morgan fingerprint density at radius 3 is 2.61 bits per heavy atom. The molecule has 1 atom stereocenters. The van der Waals surface area contributed by atoms with Crippen LogP contribution in [0.25, 0.3) is 0 Å². The van der Waals surface area contributed by atoms with Gasteiger partial charge < -0.3 is 9.84 Å². The van der Waals surface area contributed by atoms with E-state index in [2.05, 4.69) is 6.92 Å². The molecular weight excluding hydrogens is 228 g/mol. The van der Waals surface area contributed by atoms with Crippen LogP contribution in [0.2, 0.25) is 0 Å². The summed E-state index contributed by atoms with van der Waals surface area (Å²) in [6.45, 7) is 2.69. The molecule has 0 amide bonds. The molecule has 0 radical (unpaired) electrons. The Bertz CT molecular complexity index is 335. The van der Waals surface area contributed by atoms with Crippen molar-refractivity contribution in [2.75, 3.05) is 0 Å². The van der Waals surface area contributed by atoms with Crippen LogP contribution in [0.15, 0.2) is 30.3 Å². The number of rotatable bonds is 9. The van der Waals surface area contributed by atoms with Gasteiger partial charge in [0.05, 0.1) is 12.7 Å². The summed E-state index contributed by atoms with van der Waals surface area (Å²) in [6, 6.07) is 9.98. The van der Waals surface area contributed by atoms with Gasteiger partial charge in [0.1, 0.15) is 0 Å². The minimum absolute atomic E-state index is 0.0567. The summed E-state index contributed by atoms with van der Waals surface area (Å²) in [5.74, 6) is -0.750. The zero-order valence-electron chi connectivity index (χ0n) is 11.0. The van der Waals surface area contributed by atoms with E-state index in [-0.39, 0.29) is 12.5 Å². The van der Waals surface area contributed by atoms with E-state index >= 15 is 0 Å². The number of hydrogen-bond donors (Lipinski definition) is 1. The van der Waals surface area contributed by atoms with Gasteiger partial charge >= 0.3 is 5.97 Å². The Balaban J connectivity index is 2.37. The van der Waals surface area contributed by atoms with Crippen molar-refractivity contribution in [3.63, 3.8) is 0 Å². The molecule has 3 nitrogen and oxygen atoms in total. The van der Waals surface area contributed by atoms with Gasteiger partial charge in [-0.1, -0.05) is 50.1 Å². The number of carboxylic acids is 1. The van der Waals surface area contributed by atoms with E-state index in [4.69, 9.17) is 9.84 Å². The van der Waals surface area contributed by atoms with E-state index in [0.29, 0.717) is 13.0 Å². The lowest BCUT2D eigenvalue weighted by Gasteiger charge is -2.17. The third-order valence-electron chi connectivity index (χ3n) is 2.89. The number of carboxylic acid groups (broad SMARTS) is 1. The van der Waals surface area contributed by atoms with Crippen LogP contribution in [0.1, 0.15) is 44.6 Å². The van der Waals surface area contributed by atoms with Crippen LogP contribution in [0.3, 0.4) is 0 Å². The van der Waals surface area contributed by atoms with Crippen molar-refractivity contribution >= 4 is 5.97 Å². The highest BCUT2D eigenvalue weighted by Gasteiger charge is 2.11. The smallest absolute Gasteiger partial charge is 0.303 e. The van der Waals surface area contributed by atoms with Crippen LogP contribution in [-0.2, 0) is 16.1 Å². The van der Waals surface area contributed by atoms with Crippen molar-refractivity contribution in [2.24, 2.45) is 0 Å². The second kappa shape index (κ2) is 8.70. The van der Waals surface area contributed by atoms with Crippen molar-refractivity contribution in [3.05, 3.63) is 35.9 Å². The molecule has 0 saturated heterocycles. The van der Waals surface area contributed by atoms with Gasteiger partial charge in [-0.05, 0) is 18.4 Å². The number of hydrogen-bond acceptors (Lipinski definition) is 2. The topological polar surface area (TPSA) is 46.5 Å². The van der Waals surface area contributed by atoms with Crippen LogP contribution >= 0.6 is 0 Å². The van der Waals surface area contributed by atoms with Gasteiger partial charge in [-0.15, -0.1) is 0 Å². The van der Waals surface area contributed by atoms with Crippen molar-refractivity contribution in [2.45, 2.75) is 51.7 Å². The maximum Gasteiger partial charge on any atom is 0.303 e. The largest absolute Gasteiger partial charge is 0.481 e. The van der Waals surface area contributed by atoms with Gasteiger partial charge in [0.2, 0.25) is 0 Å². The predicted octanol–water partition coefficient (Wildman–Crippen LogP) is 3.63. The highest BCUT2D eigenvalue weighted by molar-refractivity contribution is 5.66. The second-order valence-electron chi connectivity index (χ2n) is 4.49. The Hall–Kier alpha value is -1.35. The quantitative estimate of drug-likeness (QED) is 0.728. The molecule has 0 aliphatic rings. The average Bonchev–Trinajstić information content (AvgIpc) is 2.39. The standard InChI is InChI=1S/C15H22O3/c1-2-3-9-14(10-11-15(16)17)18-12-13-7-5-4-6-8-13/h4-8,14H,2-3,9-12H2,1H3,(H,16,17). The van der Waals surface area contributed by atoms with Gasteiger partial charge in [0, 0.05) is 6.42 Å². The van der Waals surface area contributed by atoms with Crippen LogP contribution in [0.5, 0.6) is 0 Å². The van der Waals surface area contributed by atoms with Crippen LogP contribution in [0.4, 0.5) is 0 Å². The molecular formula is C15H22O3. The van der Waals surface area contributed by atoms with E-state index in [1.807, 2.05) is 30.3 Å². The van der Waals surface area contributed by atoms with Crippen molar-refractivity contribution < 1.29 is 14.6 Å². The Labute approximate surface area is 109 Å². The molecule has 0 heterocycles. The summed E-state index contributed by atoms with van der Waals surface area (Å²) >= 11 is 0. The molecule has 3 heteroatoms. The molecule has 1 aromatic rings. The first-order valence-electron chi connectivity index (χ1n) is 6.59. The van der Waals surface area contributed by atoms with Gasteiger partial charge in [0.15, 0.2) is 0 Å². The summed E-state index contributed by atoms with van der Waals surface area (Å²) in [5, 5.41) is 8.72. The van der Waals surface area contributed by atoms with Gasteiger partial charge in [-0.3, -0.25) is 4.79 Å². The molecule has 0 aromatic heterocycles. The molecule has 0 aliphatic heterocycles. The van der Waals surface area contributed by atoms with Crippen LogP contribution in [0, 0.1) is 0 Å². The third-order valence-corrected chi connectivity index (χ3v) is 2.89. The molecule has 18 heavy (non-hydrogen) atoms. The second-order valence-corrected chi connectivity index (χ2v) is 4.49. The fourth-order valence-electron chi connectivity index (χ4n) is 1.82. The van der Waals surface area contributed by atoms with Crippen molar-refractivity contribution in [1.82, 2.24) is 0 Å². The maximum absolute atomic E-state index is 10.6. The Kier molecular flexibility index (Phi) is 7.11. The van der Waals surface area contributed by atoms with Gasteiger partial charge in [-0.25, -0.2) is 0 Å². The highest BCUT2D eigenvalue weighted by Crippen LogP contribution is 2.14. The van der Waals surface area contributed by atoms with E-state index in [1.165, 1.54) is 0 Å². The summed E-state index contributed by atoms with van der Waals surface area (Å²) in [5.41, 5.74) is 1.13. The number of carbonyl (C=O) groups is 1. The van der Waals surface area contributed by atoms with Gasteiger partial charge in [-0.2, -0.15) is 0 Å². The fourth-order valence-corrected chi connectivity index (χ4v) is 1.82. The number of ether oxygens (including phenoxy) is 1. The normalized spacial score (nSPS) is 12.3. The summed E-state index contributed by atoms with van der Waals surface area (Å²) in [7, 11) is 0. The molecule has 1 rings (SSSR count). The van der Waals surface area contributed by atoms with Crippen molar-refractivity contribution in [1.29, 1.82) is 0 Å². The molecule has 100 valence electrons. The third kappa shape index (κ3) is 6.40. The molecule has 0 saturated carbocycles. The first-order valence-corrected chi connectivity index (χ1v) is 6.59. The number of unbranched alkanes of at least 4 members (excludes halogenated alkanes) is 1. The molecule has 0 spiro atoms. The lowest BCUT2D eigenvalue weighted by molar-refractivity contribution is -0.138. The summed E-state index contributed by atoms with van der Waals surface area (Å²) < 4.78 is 5.82. The zero-order chi connectivity index (χ0) is 13.2. The monoisotopic (exact) mass is 250 g/mol. The number of benzene rings is 1. The SMILES string of the molecule is CCCCC(CCC(=O)O)OCc1ccccc1. The minimum atomic E-state index is -0.750. The van der Waals surface area contributed by atoms with Crippen LogP contribution in [-0.4, -0.2) is 17.2 Å². The average molecular weight is 250 g/mol. The summed E-state index contributed by atoms with van der Waals surface area (Å²) in [6.07, 6.45) is 3.97. The van der Waals surface area contributed by atoms with E-state index in [1.54, 1.807) is 0 Å². The van der Waals surface area contributed by atoms with E-state index in [0.717, 1.165) is 24.8 Å². The first kappa shape index (κ1) is 14.7. The van der Waals surface area contributed by atoms with Crippen LogP contribution < -0.4 is 0 Å². The first-order chi connectivity index (χ1) is 8.72. The molecule has 1 aromatic carbocycles. The van der Waals surface area contributed by atoms with Crippen molar-refractivity contribution in [3.8, 4) is 0 Å². The maximum atomic E-state index is 10.6. The Morgan fingerprint density at radius 2 is 2.00 bits per heavy atom. The molecule has 0 aliphatic carbocycles. The predicted molar refractivity (Wildman–Crippen MR) is 71.4 cm³/mol. The highest BCUT2D eigenvalue weighted by atomic mass is 16.5. The lowest BCUT2D eigenvalue weighted by atomic mass is 10.1. The molecule has 0 fully saturated rings. The number of aliphatic carboxylic acids is 1. The molecule has 0 bridgehead atoms. The minimum Gasteiger partial charge on any atom is -0.481 e. The van der Waals surface area contributed by atoms with E-state index < -0.39 is 5.97 Å². The lowest BCUT2D eigenvalue weighted by Crippen LogP contribution is -2.15. The Morgan fingerprint density at radius 1 is 1.28 bits per heavy atom. The molecule has 1 unspecified atom stereocenters. The molecule has 1 N–H and O–H groups in total. The summed E-state index contributed by atoms with van der Waals surface area (Å²) in [4.78, 5) is 10.6. The fraction of sp³-hybridized carbons (Fsp3) is 0.533. The zero-order valence-corrected chi connectivity index (χ0v) is 11.0. The van der Waals surface area contributed by atoms with E-state index in [9.17, 15) is 4.79 Å². The van der Waals surface area contributed by atoms with Gasteiger partial charge in [0.25, 0.3) is 0 Å².